The van der Waals surface area contributed by atoms with E-state index in [9.17, 15) is 9.59 Å². The van der Waals surface area contributed by atoms with Gasteiger partial charge in [-0.2, -0.15) is 5.26 Å². The van der Waals surface area contributed by atoms with Gasteiger partial charge in [0.05, 0.1) is 10.6 Å². The summed E-state index contributed by atoms with van der Waals surface area (Å²) in [6, 6.07) is 13.2. The summed E-state index contributed by atoms with van der Waals surface area (Å²) in [4.78, 5) is 23.9. The molecule has 0 aromatic heterocycles. The molecule has 0 aliphatic carbocycles. The lowest BCUT2D eigenvalue weighted by atomic mass is 10.1. The normalized spacial score (nSPS) is 10.7. The van der Waals surface area contributed by atoms with E-state index in [0.29, 0.717) is 16.3 Å². The van der Waals surface area contributed by atoms with Crippen LogP contribution in [0.25, 0.3) is 6.08 Å². The summed E-state index contributed by atoms with van der Waals surface area (Å²) < 4.78 is 0. The first-order chi connectivity index (χ1) is 11.9. The van der Waals surface area contributed by atoms with Gasteiger partial charge in [-0.25, -0.2) is 0 Å². The summed E-state index contributed by atoms with van der Waals surface area (Å²) in [5, 5.41) is 14.8. The third kappa shape index (κ3) is 4.83. The lowest BCUT2D eigenvalue weighted by Crippen LogP contribution is -2.19. The number of likely N-dealkylation sites (N-methyl/N-ethyl adjacent to an activating group) is 1. The van der Waals surface area contributed by atoms with Gasteiger partial charge in [-0.15, -0.1) is 0 Å². The number of halogens is 2. The van der Waals surface area contributed by atoms with E-state index in [2.05, 4.69) is 10.6 Å². The fourth-order valence-corrected chi connectivity index (χ4v) is 2.52. The van der Waals surface area contributed by atoms with Crippen molar-refractivity contribution in [3.63, 3.8) is 0 Å². The van der Waals surface area contributed by atoms with Gasteiger partial charge in [0.25, 0.3) is 11.8 Å². The van der Waals surface area contributed by atoms with E-state index < -0.39 is 11.8 Å². The van der Waals surface area contributed by atoms with E-state index >= 15 is 0 Å². The lowest BCUT2D eigenvalue weighted by molar-refractivity contribution is -0.116. The highest BCUT2D eigenvalue weighted by molar-refractivity contribution is 6.37. The van der Waals surface area contributed by atoms with Gasteiger partial charge in [-0.1, -0.05) is 35.3 Å². The third-order valence-electron chi connectivity index (χ3n) is 3.22. The number of carbonyl (C=O) groups is 2. The van der Waals surface area contributed by atoms with Crippen LogP contribution in [0.3, 0.4) is 0 Å². The molecule has 126 valence electrons. The Morgan fingerprint density at radius 3 is 2.56 bits per heavy atom. The van der Waals surface area contributed by atoms with Gasteiger partial charge in [0.1, 0.15) is 11.6 Å². The fraction of sp³-hybridized carbons (Fsp3) is 0.0556. The number of rotatable bonds is 4. The molecule has 0 spiro atoms. The summed E-state index contributed by atoms with van der Waals surface area (Å²) in [5.41, 5.74) is 1.35. The Labute approximate surface area is 154 Å². The Morgan fingerprint density at radius 1 is 1.16 bits per heavy atom. The maximum atomic E-state index is 12.3. The Kier molecular flexibility index (Phi) is 6.18. The second-order valence-corrected chi connectivity index (χ2v) is 5.80. The predicted molar refractivity (Wildman–Crippen MR) is 98.5 cm³/mol. The Bertz CT molecular complexity index is 901. The van der Waals surface area contributed by atoms with Crippen LogP contribution in [0.5, 0.6) is 0 Å². The van der Waals surface area contributed by atoms with E-state index in [1.165, 1.54) is 25.3 Å². The molecular weight excluding hydrogens is 361 g/mol. The third-order valence-corrected chi connectivity index (χ3v) is 3.77. The van der Waals surface area contributed by atoms with Crippen molar-refractivity contribution in [1.82, 2.24) is 5.32 Å². The molecule has 25 heavy (non-hydrogen) atoms. The fourth-order valence-electron chi connectivity index (χ4n) is 2.03. The first-order valence-corrected chi connectivity index (χ1v) is 7.90. The van der Waals surface area contributed by atoms with E-state index in [1.807, 2.05) is 6.07 Å². The van der Waals surface area contributed by atoms with Crippen LogP contribution in [0.2, 0.25) is 10.0 Å². The molecule has 0 saturated carbocycles. The van der Waals surface area contributed by atoms with Crippen LogP contribution in [0.4, 0.5) is 5.69 Å². The molecule has 0 heterocycles. The number of nitriles is 1. The topological polar surface area (TPSA) is 82.0 Å². The van der Waals surface area contributed by atoms with Gasteiger partial charge in [-0.05, 0) is 42.0 Å². The number of nitrogens with one attached hydrogen (secondary N) is 2. The molecule has 0 saturated heterocycles. The first kappa shape index (κ1) is 18.5. The van der Waals surface area contributed by atoms with E-state index in [1.54, 1.807) is 30.3 Å². The largest absolute Gasteiger partial charge is 0.354 e. The maximum absolute atomic E-state index is 12.3. The van der Waals surface area contributed by atoms with Crippen molar-refractivity contribution in [2.75, 3.05) is 12.4 Å². The molecule has 2 rings (SSSR count). The molecule has 7 heteroatoms. The van der Waals surface area contributed by atoms with E-state index in [4.69, 9.17) is 28.5 Å². The zero-order chi connectivity index (χ0) is 18.4. The number of nitrogens with zero attached hydrogens (tertiary/aromatic N) is 1. The van der Waals surface area contributed by atoms with Gasteiger partial charge in [0.15, 0.2) is 0 Å². The summed E-state index contributed by atoms with van der Waals surface area (Å²) in [7, 11) is 1.44. The molecule has 0 aliphatic rings. The average molecular weight is 374 g/mol. The molecular formula is C18H13Cl2N3O2. The average Bonchev–Trinajstić information content (AvgIpc) is 2.59. The highest BCUT2D eigenvalue weighted by Gasteiger charge is 2.11. The van der Waals surface area contributed by atoms with Crippen LogP contribution in [0.15, 0.2) is 48.0 Å². The molecule has 2 aromatic rings. The number of hydrogen-bond acceptors (Lipinski definition) is 3. The van der Waals surface area contributed by atoms with Crippen molar-refractivity contribution in [3.05, 3.63) is 69.2 Å². The van der Waals surface area contributed by atoms with Crippen LogP contribution < -0.4 is 10.6 Å². The van der Waals surface area contributed by atoms with Crippen LogP contribution in [0, 0.1) is 11.3 Å². The highest BCUT2D eigenvalue weighted by Crippen LogP contribution is 2.22. The minimum Gasteiger partial charge on any atom is -0.354 e. The molecule has 0 atom stereocenters. The van der Waals surface area contributed by atoms with Crippen LogP contribution >= 0.6 is 23.2 Å². The summed E-state index contributed by atoms with van der Waals surface area (Å²) in [5.74, 6) is -0.875. The molecule has 0 unspecified atom stereocenters. The predicted octanol–water partition coefficient (Wildman–Crippen LogP) is 3.90. The van der Waals surface area contributed by atoms with Crippen molar-refractivity contribution in [2.24, 2.45) is 0 Å². The lowest BCUT2D eigenvalue weighted by Gasteiger charge is -2.08. The Hall–Kier alpha value is -2.81. The number of benzene rings is 2. The molecule has 5 nitrogen and oxygen atoms in total. The van der Waals surface area contributed by atoms with Gasteiger partial charge in [-0.3, -0.25) is 9.59 Å². The minimum atomic E-state index is -0.482. The number of hydrogen-bond donors (Lipinski definition) is 2. The zero-order valence-corrected chi connectivity index (χ0v) is 14.7. The second kappa shape index (κ2) is 8.34. The maximum Gasteiger partial charge on any atom is 0.261 e. The summed E-state index contributed by atoms with van der Waals surface area (Å²) in [6.45, 7) is 0. The van der Waals surface area contributed by atoms with Crippen LogP contribution in [-0.2, 0) is 4.79 Å². The smallest absolute Gasteiger partial charge is 0.261 e. The van der Waals surface area contributed by atoms with Crippen molar-refractivity contribution < 1.29 is 9.59 Å². The molecule has 2 amide bonds. The standard InChI is InChI=1S/C18H13Cl2N3O2/c1-22-17(24)12(10-21)7-11-3-2-4-14(8-11)23-18(25)15-6-5-13(19)9-16(15)20/h2-9H,1H3,(H,22,24)(H,23,25)/b12-7+. The Balaban J connectivity index is 2.24. The summed E-state index contributed by atoms with van der Waals surface area (Å²) in [6.07, 6.45) is 1.43. The number of amides is 2. The second-order valence-electron chi connectivity index (χ2n) is 4.95. The van der Waals surface area contributed by atoms with Crippen molar-refractivity contribution in [2.45, 2.75) is 0 Å². The zero-order valence-electron chi connectivity index (χ0n) is 13.1. The van der Waals surface area contributed by atoms with Crippen molar-refractivity contribution in [3.8, 4) is 6.07 Å². The van der Waals surface area contributed by atoms with E-state index in [0.717, 1.165) is 0 Å². The van der Waals surface area contributed by atoms with E-state index in [-0.39, 0.29) is 16.2 Å². The molecule has 0 bridgehead atoms. The molecule has 2 N–H and O–H groups in total. The highest BCUT2D eigenvalue weighted by atomic mass is 35.5. The monoisotopic (exact) mass is 373 g/mol. The quantitative estimate of drug-likeness (QED) is 0.629. The van der Waals surface area contributed by atoms with Crippen molar-refractivity contribution in [1.29, 1.82) is 5.26 Å². The SMILES string of the molecule is CNC(=O)/C(C#N)=C/c1cccc(NC(=O)c2ccc(Cl)cc2Cl)c1. The number of carbonyl (C=O) groups excluding carboxylic acids is 2. The summed E-state index contributed by atoms with van der Waals surface area (Å²) >= 11 is 11.8. The van der Waals surface area contributed by atoms with Gasteiger partial charge < -0.3 is 10.6 Å². The molecule has 0 aliphatic heterocycles. The van der Waals surface area contributed by atoms with Gasteiger partial charge in [0.2, 0.25) is 0 Å². The molecule has 2 aromatic carbocycles. The van der Waals surface area contributed by atoms with Crippen LogP contribution in [0.1, 0.15) is 15.9 Å². The molecule has 0 radical (unpaired) electrons. The van der Waals surface area contributed by atoms with Crippen LogP contribution in [-0.4, -0.2) is 18.9 Å². The van der Waals surface area contributed by atoms with Gasteiger partial charge in [0, 0.05) is 17.8 Å². The first-order valence-electron chi connectivity index (χ1n) is 7.15. The Morgan fingerprint density at radius 2 is 1.92 bits per heavy atom. The number of anilines is 1. The van der Waals surface area contributed by atoms with Crippen molar-refractivity contribution >= 4 is 46.8 Å². The minimum absolute atomic E-state index is 0.0354. The van der Waals surface area contributed by atoms with Gasteiger partial charge >= 0.3 is 0 Å². The molecule has 0 fully saturated rings.